The zero-order valence-electron chi connectivity index (χ0n) is 15.5. The fourth-order valence-electron chi connectivity index (χ4n) is 3.47. The van der Waals surface area contributed by atoms with Gasteiger partial charge in [0, 0.05) is 45.3 Å². The van der Waals surface area contributed by atoms with Gasteiger partial charge in [-0.1, -0.05) is 30.3 Å². The number of nitrogens with one attached hydrogen (secondary N) is 1. The van der Waals surface area contributed by atoms with E-state index >= 15 is 0 Å². The second-order valence-electron chi connectivity index (χ2n) is 7.00. The molecule has 0 radical (unpaired) electrons. The molecule has 1 amide bonds. The van der Waals surface area contributed by atoms with Gasteiger partial charge in [0.25, 0.3) is 0 Å². The number of amides is 1. The SMILES string of the molecule is Cc1nc2cc(NC(=O)CN3CCN(Cc4ccccc4)CC3)ccc2o1. The van der Waals surface area contributed by atoms with Crippen molar-refractivity contribution >= 4 is 22.7 Å². The molecule has 4 rings (SSSR count). The number of oxazole rings is 1. The van der Waals surface area contributed by atoms with Crippen molar-refractivity contribution in [3.63, 3.8) is 0 Å². The van der Waals surface area contributed by atoms with E-state index in [4.69, 9.17) is 4.42 Å². The lowest BCUT2D eigenvalue weighted by Gasteiger charge is -2.34. The monoisotopic (exact) mass is 364 g/mol. The summed E-state index contributed by atoms with van der Waals surface area (Å²) in [6.45, 7) is 6.96. The summed E-state index contributed by atoms with van der Waals surface area (Å²) in [6, 6.07) is 16.1. The van der Waals surface area contributed by atoms with Crippen molar-refractivity contribution in [1.82, 2.24) is 14.8 Å². The normalized spacial score (nSPS) is 15.9. The molecule has 0 atom stereocenters. The number of carbonyl (C=O) groups is 1. The smallest absolute Gasteiger partial charge is 0.238 e. The molecule has 1 aromatic heterocycles. The van der Waals surface area contributed by atoms with Crippen LogP contribution in [-0.4, -0.2) is 53.4 Å². The zero-order valence-corrected chi connectivity index (χ0v) is 15.5. The highest BCUT2D eigenvalue weighted by atomic mass is 16.3. The third-order valence-corrected chi connectivity index (χ3v) is 4.86. The number of carbonyl (C=O) groups excluding carboxylic acids is 1. The van der Waals surface area contributed by atoms with Gasteiger partial charge in [-0.3, -0.25) is 14.6 Å². The lowest BCUT2D eigenvalue weighted by molar-refractivity contribution is -0.117. The van der Waals surface area contributed by atoms with Gasteiger partial charge in [-0.25, -0.2) is 4.98 Å². The summed E-state index contributed by atoms with van der Waals surface area (Å²) in [7, 11) is 0. The fourth-order valence-corrected chi connectivity index (χ4v) is 3.47. The predicted molar refractivity (Wildman–Crippen MR) is 106 cm³/mol. The van der Waals surface area contributed by atoms with Crippen LogP contribution in [0.15, 0.2) is 52.9 Å². The molecular formula is C21H24N4O2. The first-order valence-electron chi connectivity index (χ1n) is 9.31. The molecule has 1 aliphatic rings. The maximum Gasteiger partial charge on any atom is 0.238 e. The van der Waals surface area contributed by atoms with Gasteiger partial charge in [-0.15, -0.1) is 0 Å². The molecule has 0 saturated carbocycles. The highest BCUT2D eigenvalue weighted by molar-refractivity contribution is 5.94. The Morgan fingerprint density at radius 2 is 1.81 bits per heavy atom. The summed E-state index contributed by atoms with van der Waals surface area (Å²) in [5.41, 5.74) is 3.59. The van der Waals surface area contributed by atoms with Crippen LogP contribution in [0.1, 0.15) is 11.5 Å². The number of aromatic nitrogens is 1. The minimum Gasteiger partial charge on any atom is -0.441 e. The molecule has 1 aliphatic heterocycles. The van der Waals surface area contributed by atoms with E-state index in [-0.39, 0.29) is 5.91 Å². The van der Waals surface area contributed by atoms with Gasteiger partial charge in [0.1, 0.15) is 5.52 Å². The van der Waals surface area contributed by atoms with Crippen molar-refractivity contribution in [1.29, 1.82) is 0 Å². The summed E-state index contributed by atoms with van der Waals surface area (Å²) in [5, 5.41) is 2.97. The third-order valence-electron chi connectivity index (χ3n) is 4.86. The van der Waals surface area contributed by atoms with Crippen LogP contribution in [0.2, 0.25) is 0 Å². The number of aryl methyl sites for hydroxylation is 1. The van der Waals surface area contributed by atoms with Crippen LogP contribution in [0, 0.1) is 6.92 Å². The summed E-state index contributed by atoms with van der Waals surface area (Å²) in [5.74, 6) is 0.632. The first-order valence-corrected chi connectivity index (χ1v) is 9.31. The lowest BCUT2D eigenvalue weighted by Crippen LogP contribution is -2.48. The van der Waals surface area contributed by atoms with Crippen LogP contribution in [0.4, 0.5) is 5.69 Å². The Hall–Kier alpha value is -2.70. The molecular weight excluding hydrogens is 340 g/mol. The molecule has 6 heteroatoms. The molecule has 0 bridgehead atoms. The van der Waals surface area contributed by atoms with Gasteiger partial charge in [0.05, 0.1) is 6.54 Å². The van der Waals surface area contributed by atoms with Crippen molar-refractivity contribution in [3.8, 4) is 0 Å². The van der Waals surface area contributed by atoms with Crippen molar-refractivity contribution in [3.05, 3.63) is 60.0 Å². The van der Waals surface area contributed by atoms with Crippen LogP contribution >= 0.6 is 0 Å². The maximum atomic E-state index is 12.4. The van der Waals surface area contributed by atoms with Gasteiger partial charge >= 0.3 is 0 Å². The molecule has 2 aromatic carbocycles. The topological polar surface area (TPSA) is 61.6 Å². The molecule has 27 heavy (non-hydrogen) atoms. The van der Waals surface area contributed by atoms with Gasteiger partial charge in [0.15, 0.2) is 11.5 Å². The van der Waals surface area contributed by atoms with Crippen molar-refractivity contribution < 1.29 is 9.21 Å². The summed E-state index contributed by atoms with van der Waals surface area (Å²) in [6.07, 6.45) is 0. The maximum absolute atomic E-state index is 12.4. The second-order valence-corrected chi connectivity index (χ2v) is 7.00. The average Bonchev–Trinajstić information content (AvgIpc) is 3.03. The number of piperazine rings is 1. The third kappa shape index (κ3) is 4.53. The lowest BCUT2D eigenvalue weighted by atomic mass is 10.2. The number of hydrogen-bond donors (Lipinski definition) is 1. The minimum atomic E-state index is 0.00563. The van der Waals surface area contributed by atoms with Gasteiger partial charge in [0.2, 0.25) is 5.91 Å². The highest BCUT2D eigenvalue weighted by Crippen LogP contribution is 2.19. The number of benzene rings is 2. The molecule has 0 unspecified atom stereocenters. The standard InChI is InChI=1S/C21H24N4O2/c1-16-22-19-13-18(7-8-20(19)27-16)23-21(26)15-25-11-9-24(10-12-25)14-17-5-3-2-4-6-17/h2-8,13H,9-12,14-15H2,1H3,(H,23,26). The summed E-state index contributed by atoms with van der Waals surface area (Å²) in [4.78, 5) is 21.3. The van der Waals surface area contributed by atoms with E-state index in [9.17, 15) is 4.79 Å². The van der Waals surface area contributed by atoms with Crippen LogP contribution in [0.3, 0.4) is 0 Å². The van der Waals surface area contributed by atoms with Crippen molar-refractivity contribution in [2.75, 3.05) is 38.0 Å². The van der Waals surface area contributed by atoms with Gasteiger partial charge < -0.3 is 9.73 Å². The molecule has 2 heterocycles. The second kappa shape index (κ2) is 7.90. The van der Waals surface area contributed by atoms with Crippen LogP contribution in [0.25, 0.3) is 11.1 Å². The Balaban J connectivity index is 1.26. The van der Waals surface area contributed by atoms with E-state index in [1.165, 1.54) is 5.56 Å². The number of rotatable bonds is 5. The van der Waals surface area contributed by atoms with Gasteiger partial charge in [-0.2, -0.15) is 0 Å². The van der Waals surface area contributed by atoms with E-state index in [2.05, 4.69) is 44.4 Å². The predicted octanol–water partition coefficient (Wildman–Crippen LogP) is 2.89. The molecule has 1 saturated heterocycles. The van der Waals surface area contributed by atoms with Crippen molar-refractivity contribution in [2.24, 2.45) is 0 Å². The van der Waals surface area contributed by atoms with E-state index in [0.29, 0.717) is 12.4 Å². The quantitative estimate of drug-likeness (QED) is 0.754. The zero-order chi connectivity index (χ0) is 18.6. The largest absolute Gasteiger partial charge is 0.441 e. The summed E-state index contributed by atoms with van der Waals surface area (Å²) < 4.78 is 5.47. The Kier molecular flexibility index (Phi) is 5.18. The number of nitrogens with zero attached hydrogens (tertiary/aromatic N) is 3. The number of hydrogen-bond acceptors (Lipinski definition) is 5. The molecule has 6 nitrogen and oxygen atoms in total. The Morgan fingerprint density at radius 1 is 1.07 bits per heavy atom. The van der Waals surface area contributed by atoms with E-state index in [1.54, 1.807) is 0 Å². The number of anilines is 1. The first-order chi connectivity index (χ1) is 13.2. The molecule has 1 N–H and O–H groups in total. The minimum absolute atomic E-state index is 0.00563. The van der Waals surface area contributed by atoms with Gasteiger partial charge in [-0.05, 0) is 23.8 Å². The van der Waals surface area contributed by atoms with Crippen LogP contribution in [0.5, 0.6) is 0 Å². The first kappa shape index (κ1) is 17.7. The molecule has 0 aliphatic carbocycles. The molecule has 0 spiro atoms. The van der Waals surface area contributed by atoms with E-state index in [0.717, 1.165) is 49.5 Å². The molecule has 140 valence electrons. The Bertz CT molecular complexity index is 914. The Morgan fingerprint density at radius 3 is 2.59 bits per heavy atom. The molecule has 1 fully saturated rings. The number of fused-ring (bicyclic) bond motifs is 1. The Labute approximate surface area is 158 Å². The van der Waals surface area contributed by atoms with E-state index < -0.39 is 0 Å². The van der Waals surface area contributed by atoms with Crippen LogP contribution in [-0.2, 0) is 11.3 Å². The van der Waals surface area contributed by atoms with Crippen LogP contribution < -0.4 is 5.32 Å². The summed E-state index contributed by atoms with van der Waals surface area (Å²) >= 11 is 0. The van der Waals surface area contributed by atoms with E-state index in [1.807, 2.05) is 31.2 Å². The molecule has 3 aromatic rings. The highest BCUT2D eigenvalue weighted by Gasteiger charge is 2.19. The fraction of sp³-hybridized carbons (Fsp3) is 0.333. The average molecular weight is 364 g/mol. The van der Waals surface area contributed by atoms with Crippen molar-refractivity contribution in [2.45, 2.75) is 13.5 Å².